The van der Waals surface area contributed by atoms with Gasteiger partial charge in [-0.25, -0.2) is 9.97 Å². The van der Waals surface area contributed by atoms with E-state index in [0.717, 1.165) is 11.3 Å². The number of hydrogen-bond acceptors (Lipinski definition) is 4. The molecule has 0 saturated carbocycles. The first-order valence-corrected chi connectivity index (χ1v) is 5.90. The van der Waals surface area contributed by atoms with Crippen LogP contribution >= 0.6 is 11.8 Å². The van der Waals surface area contributed by atoms with Crippen LogP contribution in [0.1, 0.15) is 5.82 Å². The lowest BCUT2D eigenvalue weighted by Crippen LogP contribution is -2.01. The average Bonchev–Trinajstić information content (AvgIpc) is 2.56. The maximum absolute atomic E-state index is 10.4. The molecule has 2 aromatic heterocycles. The molecule has 0 aliphatic rings. The Hall–Kier alpha value is -1.56. The van der Waals surface area contributed by atoms with E-state index in [4.69, 9.17) is 5.11 Å². The largest absolute Gasteiger partial charge is 0.481 e. The Kier molecular flexibility index (Phi) is 3.09. The van der Waals surface area contributed by atoms with Gasteiger partial charge in [-0.05, 0) is 12.1 Å². The maximum atomic E-state index is 10.4. The molecule has 0 radical (unpaired) electrons. The number of thioether (sulfide) groups is 1. The molecule has 0 saturated heterocycles. The molecule has 0 unspecified atom stereocenters. The SMILES string of the molecule is Cn1c(CSCC(=O)O)nc2ncccc21. The molecule has 0 aliphatic carbocycles. The second-order valence-corrected chi connectivity index (χ2v) is 4.31. The summed E-state index contributed by atoms with van der Waals surface area (Å²) in [6, 6.07) is 3.80. The van der Waals surface area contributed by atoms with Gasteiger partial charge in [0, 0.05) is 13.2 Å². The summed E-state index contributed by atoms with van der Waals surface area (Å²) in [5.74, 6) is 0.720. The first kappa shape index (κ1) is 10.9. The van der Waals surface area contributed by atoms with Gasteiger partial charge in [0.2, 0.25) is 0 Å². The molecular formula is C10H11N3O2S. The van der Waals surface area contributed by atoms with E-state index in [1.807, 2.05) is 23.7 Å². The minimum atomic E-state index is -0.804. The lowest BCUT2D eigenvalue weighted by atomic mass is 10.4. The van der Waals surface area contributed by atoms with Crippen LogP contribution in [0.4, 0.5) is 0 Å². The van der Waals surface area contributed by atoms with Gasteiger partial charge in [-0.1, -0.05) is 0 Å². The van der Waals surface area contributed by atoms with E-state index < -0.39 is 5.97 Å². The van der Waals surface area contributed by atoms with Gasteiger partial charge in [0.1, 0.15) is 5.82 Å². The van der Waals surface area contributed by atoms with Crippen molar-refractivity contribution in [1.82, 2.24) is 14.5 Å². The zero-order valence-corrected chi connectivity index (χ0v) is 9.57. The van der Waals surface area contributed by atoms with Gasteiger partial charge in [-0.3, -0.25) is 4.79 Å². The molecule has 0 bridgehead atoms. The molecule has 1 N–H and O–H groups in total. The zero-order chi connectivity index (χ0) is 11.5. The Balaban J connectivity index is 2.18. The van der Waals surface area contributed by atoms with Gasteiger partial charge < -0.3 is 9.67 Å². The van der Waals surface area contributed by atoms with Crippen LogP contribution in [0.3, 0.4) is 0 Å². The fourth-order valence-corrected chi connectivity index (χ4v) is 2.15. The molecule has 0 atom stereocenters. The highest BCUT2D eigenvalue weighted by molar-refractivity contribution is 7.99. The maximum Gasteiger partial charge on any atom is 0.313 e. The van der Waals surface area contributed by atoms with Crippen LogP contribution in [-0.2, 0) is 17.6 Å². The number of pyridine rings is 1. The Morgan fingerprint density at radius 1 is 1.62 bits per heavy atom. The van der Waals surface area contributed by atoms with Crippen LogP contribution in [0.5, 0.6) is 0 Å². The average molecular weight is 237 g/mol. The number of aryl methyl sites for hydroxylation is 1. The lowest BCUT2D eigenvalue weighted by molar-refractivity contribution is -0.133. The van der Waals surface area contributed by atoms with Crippen molar-refractivity contribution < 1.29 is 9.90 Å². The third kappa shape index (κ3) is 2.16. The standard InChI is InChI=1S/C10H11N3O2S/c1-13-7-3-2-4-11-10(7)12-8(13)5-16-6-9(14)15/h2-4H,5-6H2,1H3,(H,14,15). The predicted octanol–water partition coefficient (Wildman–Crippen LogP) is 1.29. The van der Waals surface area contributed by atoms with Crippen molar-refractivity contribution in [2.24, 2.45) is 7.05 Å². The summed E-state index contributed by atoms with van der Waals surface area (Å²) in [7, 11) is 1.91. The number of fused-ring (bicyclic) bond motifs is 1. The van der Waals surface area contributed by atoms with E-state index >= 15 is 0 Å². The van der Waals surface area contributed by atoms with Crippen LogP contribution in [-0.4, -0.2) is 31.4 Å². The Morgan fingerprint density at radius 2 is 2.44 bits per heavy atom. The minimum Gasteiger partial charge on any atom is -0.481 e. The Morgan fingerprint density at radius 3 is 3.12 bits per heavy atom. The van der Waals surface area contributed by atoms with Crippen molar-refractivity contribution in [2.45, 2.75) is 5.75 Å². The lowest BCUT2D eigenvalue weighted by Gasteiger charge is -2.00. The number of rotatable bonds is 4. The van der Waals surface area contributed by atoms with E-state index in [2.05, 4.69) is 9.97 Å². The molecule has 84 valence electrons. The summed E-state index contributed by atoms with van der Waals surface area (Å²) in [6.45, 7) is 0. The van der Waals surface area contributed by atoms with Crippen molar-refractivity contribution in [3.05, 3.63) is 24.2 Å². The molecular weight excluding hydrogens is 226 g/mol. The summed E-state index contributed by atoms with van der Waals surface area (Å²) >= 11 is 1.33. The molecule has 0 fully saturated rings. The third-order valence-electron chi connectivity index (χ3n) is 2.21. The van der Waals surface area contributed by atoms with E-state index in [1.54, 1.807) is 6.20 Å². The van der Waals surface area contributed by atoms with Crippen LogP contribution in [0, 0.1) is 0 Å². The topological polar surface area (TPSA) is 68.0 Å². The quantitative estimate of drug-likeness (QED) is 0.867. The zero-order valence-electron chi connectivity index (χ0n) is 8.75. The van der Waals surface area contributed by atoms with Crippen molar-refractivity contribution in [1.29, 1.82) is 0 Å². The van der Waals surface area contributed by atoms with Crippen LogP contribution < -0.4 is 0 Å². The van der Waals surface area contributed by atoms with E-state index in [1.165, 1.54) is 11.8 Å². The number of aromatic nitrogens is 3. The number of carbonyl (C=O) groups is 1. The summed E-state index contributed by atoms with van der Waals surface area (Å²) in [4.78, 5) is 18.9. The molecule has 6 heteroatoms. The van der Waals surface area contributed by atoms with Gasteiger partial charge in [-0.2, -0.15) is 0 Å². The molecule has 2 heterocycles. The number of aliphatic carboxylic acids is 1. The first-order chi connectivity index (χ1) is 7.68. The second-order valence-electron chi connectivity index (χ2n) is 3.32. The Bertz CT molecular complexity index is 524. The smallest absolute Gasteiger partial charge is 0.313 e. The van der Waals surface area contributed by atoms with Crippen LogP contribution in [0.15, 0.2) is 18.3 Å². The normalized spacial score (nSPS) is 10.8. The number of nitrogens with zero attached hydrogens (tertiary/aromatic N) is 3. The van der Waals surface area contributed by atoms with Gasteiger partial charge in [0.25, 0.3) is 0 Å². The fourth-order valence-electron chi connectivity index (χ4n) is 1.43. The number of imidazole rings is 1. The van der Waals surface area contributed by atoms with Crippen molar-refractivity contribution in [2.75, 3.05) is 5.75 Å². The van der Waals surface area contributed by atoms with E-state index in [9.17, 15) is 4.79 Å². The van der Waals surface area contributed by atoms with Gasteiger partial charge in [0.15, 0.2) is 5.65 Å². The van der Waals surface area contributed by atoms with Crippen molar-refractivity contribution in [3.8, 4) is 0 Å². The van der Waals surface area contributed by atoms with Crippen LogP contribution in [0.25, 0.3) is 11.2 Å². The third-order valence-corrected chi connectivity index (χ3v) is 3.12. The molecule has 2 rings (SSSR count). The number of carboxylic acids is 1. The molecule has 5 nitrogen and oxygen atoms in total. The number of carboxylic acid groups (broad SMARTS) is 1. The van der Waals surface area contributed by atoms with Crippen molar-refractivity contribution in [3.63, 3.8) is 0 Å². The monoisotopic (exact) mass is 237 g/mol. The molecule has 16 heavy (non-hydrogen) atoms. The fraction of sp³-hybridized carbons (Fsp3) is 0.300. The minimum absolute atomic E-state index is 0.0939. The number of hydrogen-bond donors (Lipinski definition) is 1. The summed E-state index contributed by atoms with van der Waals surface area (Å²) in [5, 5.41) is 8.54. The highest BCUT2D eigenvalue weighted by Gasteiger charge is 2.08. The molecule has 0 amide bonds. The van der Waals surface area contributed by atoms with Gasteiger partial charge in [0.05, 0.1) is 17.0 Å². The van der Waals surface area contributed by atoms with Crippen molar-refractivity contribution >= 4 is 28.9 Å². The molecule has 0 aromatic carbocycles. The molecule has 2 aromatic rings. The van der Waals surface area contributed by atoms with E-state index in [0.29, 0.717) is 11.4 Å². The summed E-state index contributed by atoms with van der Waals surface area (Å²) in [6.07, 6.45) is 1.70. The summed E-state index contributed by atoms with van der Waals surface area (Å²) < 4.78 is 1.94. The highest BCUT2D eigenvalue weighted by atomic mass is 32.2. The van der Waals surface area contributed by atoms with Crippen LogP contribution in [0.2, 0.25) is 0 Å². The second kappa shape index (κ2) is 4.52. The summed E-state index contributed by atoms with van der Waals surface area (Å²) in [5.41, 5.74) is 1.67. The van der Waals surface area contributed by atoms with Gasteiger partial charge in [-0.15, -0.1) is 11.8 Å². The van der Waals surface area contributed by atoms with E-state index in [-0.39, 0.29) is 5.75 Å². The molecule has 0 aliphatic heterocycles. The first-order valence-electron chi connectivity index (χ1n) is 4.74. The highest BCUT2D eigenvalue weighted by Crippen LogP contribution is 2.16. The predicted molar refractivity (Wildman–Crippen MR) is 62.3 cm³/mol. The van der Waals surface area contributed by atoms with Gasteiger partial charge >= 0.3 is 5.97 Å². The Labute approximate surface area is 96.5 Å². The molecule has 0 spiro atoms.